The number of benzene rings is 2. The second-order valence-electron chi connectivity index (χ2n) is 7.73. The van der Waals surface area contributed by atoms with Crippen molar-refractivity contribution in [3.8, 4) is 12.3 Å². The minimum absolute atomic E-state index is 0.0456. The first-order valence-electron chi connectivity index (χ1n) is 10.2. The Labute approximate surface area is 190 Å². The number of thiazole rings is 1. The van der Waals surface area contributed by atoms with Gasteiger partial charge < -0.3 is 4.57 Å². The smallest absolute Gasteiger partial charge is 0.251 e. The first-order valence-corrected chi connectivity index (χ1v) is 12.4. The molecule has 0 radical (unpaired) electrons. The molecule has 0 bridgehead atoms. The van der Waals surface area contributed by atoms with Crippen LogP contribution in [0.4, 0.5) is 4.39 Å². The Morgan fingerprint density at radius 1 is 1.22 bits per heavy atom. The van der Waals surface area contributed by atoms with E-state index in [-0.39, 0.29) is 29.8 Å². The van der Waals surface area contributed by atoms with Crippen molar-refractivity contribution in [2.75, 3.05) is 13.1 Å². The van der Waals surface area contributed by atoms with Crippen LogP contribution >= 0.6 is 11.3 Å². The van der Waals surface area contributed by atoms with E-state index in [0.29, 0.717) is 24.2 Å². The van der Waals surface area contributed by atoms with Crippen molar-refractivity contribution in [1.82, 2.24) is 8.87 Å². The number of sulfonamides is 1. The van der Waals surface area contributed by atoms with E-state index in [9.17, 15) is 17.6 Å². The van der Waals surface area contributed by atoms with Gasteiger partial charge in [0.2, 0.25) is 10.0 Å². The van der Waals surface area contributed by atoms with E-state index in [2.05, 4.69) is 10.9 Å². The first-order chi connectivity index (χ1) is 15.3. The fourth-order valence-electron chi connectivity index (χ4n) is 3.79. The van der Waals surface area contributed by atoms with E-state index in [1.807, 2.05) is 29.7 Å². The molecule has 4 rings (SSSR count). The number of rotatable bonds is 4. The second kappa shape index (κ2) is 8.98. The zero-order valence-corrected chi connectivity index (χ0v) is 19.1. The summed E-state index contributed by atoms with van der Waals surface area (Å²) in [6.45, 7) is 2.73. The molecule has 0 atom stereocenters. The highest BCUT2D eigenvalue weighted by molar-refractivity contribution is 7.89. The van der Waals surface area contributed by atoms with Crippen LogP contribution in [0.2, 0.25) is 0 Å². The lowest BCUT2D eigenvalue weighted by Crippen LogP contribution is -2.40. The van der Waals surface area contributed by atoms with Gasteiger partial charge in [-0.2, -0.15) is 9.30 Å². The first kappa shape index (κ1) is 22.4. The van der Waals surface area contributed by atoms with Crippen molar-refractivity contribution in [2.24, 2.45) is 10.9 Å². The Kier molecular flexibility index (Phi) is 6.29. The van der Waals surface area contributed by atoms with Crippen LogP contribution in [0.15, 0.2) is 52.4 Å². The number of hydrogen-bond acceptors (Lipinski definition) is 4. The summed E-state index contributed by atoms with van der Waals surface area (Å²) in [4.78, 5) is 17.9. The monoisotopic (exact) mass is 471 g/mol. The van der Waals surface area contributed by atoms with Gasteiger partial charge in [-0.25, -0.2) is 12.8 Å². The van der Waals surface area contributed by atoms with E-state index in [1.165, 1.54) is 27.8 Å². The number of piperidine rings is 1. The average molecular weight is 472 g/mol. The summed E-state index contributed by atoms with van der Waals surface area (Å²) >= 11 is 1.42. The van der Waals surface area contributed by atoms with E-state index >= 15 is 0 Å². The molecule has 166 valence electrons. The average Bonchev–Trinajstić information content (AvgIpc) is 3.10. The molecular formula is C23H22FN3O3S2. The maximum absolute atomic E-state index is 13.1. The summed E-state index contributed by atoms with van der Waals surface area (Å²) in [5, 5.41) is 0. The van der Waals surface area contributed by atoms with Gasteiger partial charge in [0, 0.05) is 19.0 Å². The number of amides is 1. The van der Waals surface area contributed by atoms with Gasteiger partial charge in [0.25, 0.3) is 5.91 Å². The molecular weight excluding hydrogens is 449 g/mol. The van der Waals surface area contributed by atoms with Crippen molar-refractivity contribution in [2.45, 2.75) is 31.2 Å². The van der Waals surface area contributed by atoms with Crippen LogP contribution in [0.1, 0.15) is 18.4 Å². The number of carbonyl (C=O) groups is 1. The molecule has 1 aliphatic heterocycles. The standard InChI is InChI=1S/C23H22FN3O3S2/c1-3-12-27-20-9-4-16(2)15-21(20)31-23(27)25-22(28)17-10-13-26(14-11-17)32(29,30)19-7-5-18(24)6-8-19/h1,4-9,15,17H,10-14H2,2H3. The molecule has 0 saturated carbocycles. The van der Waals surface area contributed by atoms with Gasteiger partial charge >= 0.3 is 0 Å². The number of halogens is 1. The number of fused-ring (bicyclic) bond motifs is 1. The summed E-state index contributed by atoms with van der Waals surface area (Å²) < 4.78 is 42.9. The fourth-order valence-corrected chi connectivity index (χ4v) is 6.40. The highest BCUT2D eigenvalue weighted by Gasteiger charge is 2.32. The number of aryl methyl sites for hydroxylation is 1. The molecule has 0 aliphatic carbocycles. The SMILES string of the molecule is C#CCn1c(=NC(=O)C2CCN(S(=O)(=O)c3ccc(F)cc3)CC2)sc2cc(C)ccc21. The van der Waals surface area contributed by atoms with Crippen LogP contribution in [0.5, 0.6) is 0 Å². The molecule has 1 fully saturated rings. The molecule has 0 unspecified atom stereocenters. The Morgan fingerprint density at radius 3 is 2.56 bits per heavy atom. The minimum Gasteiger partial charge on any atom is -0.305 e. The van der Waals surface area contributed by atoms with E-state index in [1.54, 1.807) is 0 Å². The van der Waals surface area contributed by atoms with Gasteiger partial charge in [0.15, 0.2) is 4.80 Å². The fraction of sp³-hybridized carbons (Fsp3) is 0.304. The molecule has 1 amide bonds. The van der Waals surface area contributed by atoms with Crippen molar-refractivity contribution in [1.29, 1.82) is 0 Å². The molecule has 9 heteroatoms. The zero-order valence-electron chi connectivity index (χ0n) is 17.5. The highest BCUT2D eigenvalue weighted by atomic mass is 32.2. The molecule has 32 heavy (non-hydrogen) atoms. The van der Waals surface area contributed by atoms with Gasteiger partial charge in [-0.15, -0.1) is 6.42 Å². The van der Waals surface area contributed by atoms with Crippen molar-refractivity contribution < 1.29 is 17.6 Å². The lowest BCUT2D eigenvalue weighted by molar-refractivity contribution is -0.122. The quantitative estimate of drug-likeness (QED) is 0.548. The van der Waals surface area contributed by atoms with E-state index in [4.69, 9.17) is 6.42 Å². The van der Waals surface area contributed by atoms with Crippen molar-refractivity contribution in [3.63, 3.8) is 0 Å². The van der Waals surface area contributed by atoms with Gasteiger partial charge in [-0.1, -0.05) is 23.3 Å². The van der Waals surface area contributed by atoms with Crippen LogP contribution in [0, 0.1) is 31.0 Å². The predicted molar refractivity (Wildman–Crippen MR) is 122 cm³/mol. The van der Waals surface area contributed by atoms with E-state index in [0.717, 1.165) is 27.9 Å². The van der Waals surface area contributed by atoms with Crippen molar-refractivity contribution >= 4 is 37.5 Å². The van der Waals surface area contributed by atoms with Crippen LogP contribution in [-0.4, -0.2) is 36.3 Å². The summed E-state index contributed by atoms with van der Waals surface area (Å²) in [5.74, 6) is 1.49. The number of terminal acetylenes is 1. The van der Waals surface area contributed by atoms with Crippen LogP contribution in [0.25, 0.3) is 10.2 Å². The Balaban J connectivity index is 1.53. The number of hydrogen-bond donors (Lipinski definition) is 0. The minimum atomic E-state index is -3.72. The lowest BCUT2D eigenvalue weighted by Gasteiger charge is -2.29. The van der Waals surface area contributed by atoms with Crippen LogP contribution in [-0.2, 0) is 21.4 Å². The second-order valence-corrected chi connectivity index (χ2v) is 10.7. The Hall–Kier alpha value is -2.80. The molecule has 6 nitrogen and oxygen atoms in total. The van der Waals surface area contributed by atoms with E-state index < -0.39 is 15.8 Å². The van der Waals surface area contributed by atoms with Gasteiger partial charge in [0.1, 0.15) is 5.82 Å². The maximum Gasteiger partial charge on any atom is 0.251 e. The molecule has 3 aromatic rings. The third-order valence-corrected chi connectivity index (χ3v) is 8.50. The van der Waals surface area contributed by atoms with Crippen LogP contribution < -0.4 is 4.80 Å². The number of nitrogens with zero attached hydrogens (tertiary/aromatic N) is 3. The van der Waals surface area contributed by atoms with Gasteiger partial charge in [-0.3, -0.25) is 4.79 Å². The number of aromatic nitrogens is 1. The summed E-state index contributed by atoms with van der Waals surface area (Å²) in [6.07, 6.45) is 6.27. The third kappa shape index (κ3) is 4.39. The maximum atomic E-state index is 13.1. The number of carbonyl (C=O) groups excluding carboxylic acids is 1. The summed E-state index contributed by atoms with van der Waals surface area (Å²) in [6, 6.07) is 10.8. The predicted octanol–water partition coefficient (Wildman–Crippen LogP) is 3.31. The Bertz CT molecular complexity index is 1370. The molecule has 1 aromatic heterocycles. The molecule has 1 aliphatic rings. The third-order valence-electron chi connectivity index (χ3n) is 5.55. The highest BCUT2D eigenvalue weighted by Crippen LogP contribution is 2.25. The topological polar surface area (TPSA) is 71.7 Å². The molecule has 2 aromatic carbocycles. The molecule has 0 spiro atoms. The van der Waals surface area contributed by atoms with Crippen molar-refractivity contribution in [3.05, 3.63) is 58.6 Å². The lowest BCUT2D eigenvalue weighted by atomic mass is 9.98. The van der Waals surface area contributed by atoms with Gasteiger partial charge in [-0.05, 0) is 61.7 Å². The molecule has 0 N–H and O–H groups in total. The summed E-state index contributed by atoms with van der Waals surface area (Å²) in [5.41, 5.74) is 2.05. The molecule has 1 saturated heterocycles. The molecule has 2 heterocycles. The van der Waals surface area contributed by atoms with Crippen LogP contribution in [0.3, 0.4) is 0 Å². The summed E-state index contributed by atoms with van der Waals surface area (Å²) in [7, 11) is -3.72. The normalized spacial score (nSPS) is 16.3. The Morgan fingerprint density at radius 2 is 1.91 bits per heavy atom. The largest absolute Gasteiger partial charge is 0.305 e. The zero-order chi connectivity index (χ0) is 22.9. The van der Waals surface area contributed by atoms with Gasteiger partial charge in [0.05, 0.1) is 21.7 Å².